The molecule has 140 valence electrons. The second-order valence-corrected chi connectivity index (χ2v) is 8.84. The molecule has 0 fully saturated rings. The molecule has 0 radical (unpaired) electrons. The first kappa shape index (κ1) is 18.9. The number of sulfonamides is 1. The molecule has 4 nitrogen and oxygen atoms in total. The summed E-state index contributed by atoms with van der Waals surface area (Å²) in [5, 5.41) is 0. The standard InChI is InChI=1S/C21H27NO3S/c1-4-21(5-2)14-19(18-12-8-9-13-20(18)25-21)22-26(23,24)15-17-11-7-6-10-16(17)3/h6-13,19,22H,4-5,14-15H2,1-3H3. The van der Waals surface area contributed by atoms with Gasteiger partial charge in [0.1, 0.15) is 11.4 Å². The summed E-state index contributed by atoms with van der Waals surface area (Å²) in [7, 11) is -3.47. The zero-order chi connectivity index (χ0) is 18.8. The van der Waals surface area contributed by atoms with Gasteiger partial charge in [-0.1, -0.05) is 56.3 Å². The van der Waals surface area contributed by atoms with Crippen LogP contribution in [0.3, 0.4) is 0 Å². The van der Waals surface area contributed by atoms with Gasteiger partial charge in [0.25, 0.3) is 0 Å². The van der Waals surface area contributed by atoms with Crippen molar-refractivity contribution in [2.45, 2.75) is 57.4 Å². The lowest BCUT2D eigenvalue weighted by atomic mass is 9.84. The first-order chi connectivity index (χ1) is 12.4. The molecule has 0 aliphatic carbocycles. The number of fused-ring (bicyclic) bond motifs is 1. The molecule has 0 aromatic heterocycles. The van der Waals surface area contributed by atoms with Gasteiger partial charge in [-0.2, -0.15) is 0 Å². The normalized spacial score (nSPS) is 18.8. The SMILES string of the molecule is CCC1(CC)CC(NS(=O)(=O)Cc2ccccc2C)c2ccccc2O1. The van der Waals surface area contributed by atoms with E-state index in [1.165, 1.54) is 0 Å². The highest BCUT2D eigenvalue weighted by atomic mass is 32.2. The number of hydrogen-bond donors (Lipinski definition) is 1. The van der Waals surface area contributed by atoms with E-state index < -0.39 is 10.0 Å². The van der Waals surface area contributed by atoms with Crippen molar-refractivity contribution < 1.29 is 13.2 Å². The lowest BCUT2D eigenvalue weighted by Gasteiger charge is -2.41. The molecule has 2 aromatic rings. The molecule has 26 heavy (non-hydrogen) atoms. The fourth-order valence-electron chi connectivity index (χ4n) is 3.64. The Bertz CT molecular complexity index is 872. The Morgan fingerprint density at radius 3 is 2.42 bits per heavy atom. The van der Waals surface area contributed by atoms with Crippen LogP contribution in [0.4, 0.5) is 0 Å². The minimum atomic E-state index is -3.47. The van der Waals surface area contributed by atoms with Gasteiger partial charge < -0.3 is 4.74 Å². The second kappa shape index (κ2) is 7.41. The Hall–Kier alpha value is -1.85. The molecular formula is C21H27NO3S. The van der Waals surface area contributed by atoms with Gasteiger partial charge in [-0.15, -0.1) is 0 Å². The Morgan fingerprint density at radius 2 is 1.73 bits per heavy atom. The highest BCUT2D eigenvalue weighted by Gasteiger charge is 2.39. The molecule has 1 unspecified atom stereocenters. The molecule has 1 aliphatic heterocycles. The number of aryl methyl sites for hydroxylation is 1. The van der Waals surface area contributed by atoms with Crippen molar-refractivity contribution >= 4 is 10.0 Å². The molecule has 0 bridgehead atoms. The average Bonchev–Trinajstić information content (AvgIpc) is 2.63. The molecule has 1 aliphatic rings. The van der Waals surface area contributed by atoms with Crippen molar-refractivity contribution in [3.05, 3.63) is 65.2 Å². The number of para-hydroxylation sites is 1. The summed E-state index contributed by atoms with van der Waals surface area (Å²) in [4.78, 5) is 0. The lowest BCUT2D eigenvalue weighted by molar-refractivity contribution is 0.0260. The molecule has 0 spiro atoms. The largest absolute Gasteiger partial charge is 0.487 e. The van der Waals surface area contributed by atoms with Crippen LogP contribution in [0.1, 0.15) is 55.8 Å². The van der Waals surface area contributed by atoms with Gasteiger partial charge in [0.05, 0.1) is 11.8 Å². The van der Waals surface area contributed by atoms with Crippen LogP contribution in [-0.4, -0.2) is 14.0 Å². The van der Waals surface area contributed by atoms with Crippen LogP contribution < -0.4 is 9.46 Å². The summed E-state index contributed by atoms with van der Waals surface area (Å²) in [6.45, 7) is 6.13. The van der Waals surface area contributed by atoms with Gasteiger partial charge in [0.2, 0.25) is 10.0 Å². The highest BCUT2D eigenvalue weighted by molar-refractivity contribution is 7.88. The van der Waals surface area contributed by atoms with E-state index in [2.05, 4.69) is 18.6 Å². The van der Waals surface area contributed by atoms with Gasteiger partial charge in [-0.05, 0) is 37.0 Å². The molecule has 1 N–H and O–H groups in total. The quantitative estimate of drug-likeness (QED) is 0.811. The first-order valence-electron chi connectivity index (χ1n) is 9.20. The van der Waals surface area contributed by atoms with Gasteiger partial charge in [-0.3, -0.25) is 0 Å². The molecule has 5 heteroatoms. The van der Waals surface area contributed by atoms with Crippen LogP contribution in [0, 0.1) is 6.92 Å². The predicted octanol–water partition coefficient (Wildman–Crippen LogP) is 4.50. The van der Waals surface area contributed by atoms with Crippen LogP contribution >= 0.6 is 0 Å². The van der Waals surface area contributed by atoms with E-state index >= 15 is 0 Å². The average molecular weight is 374 g/mol. The molecule has 0 saturated carbocycles. The third-order valence-corrected chi connectivity index (χ3v) is 6.75. The van der Waals surface area contributed by atoms with Crippen molar-refractivity contribution in [1.82, 2.24) is 4.72 Å². The van der Waals surface area contributed by atoms with Gasteiger partial charge in [-0.25, -0.2) is 13.1 Å². The van der Waals surface area contributed by atoms with Crippen molar-refractivity contribution in [3.8, 4) is 5.75 Å². The van der Waals surface area contributed by atoms with Gasteiger partial charge >= 0.3 is 0 Å². The number of nitrogens with one attached hydrogen (secondary N) is 1. The fourth-order valence-corrected chi connectivity index (χ4v) is 5.10. The van der Waals surface area contributed by atoms with E-state index in [-0.39, 0.29) is 17.4 Å². The summed E-state index contributed by atoms with van der Waals surface area (Å²) in [6, 6.07) is 15.1. The third-order valence-electron chi connectivity index (χ3n) is 5.41. The topological polar surface area (TPSA) is 55.4 Å². The van der Waals surface area contributed by atoms with Crippen LogP contribution in [0.15, 0.2) is 48.5 Å². The highest BCUT2D eigenvalue weighted by Crippen LogP contribution is 2.42. The van der Waals surface area contributed by atoms with Crippen LogP contribution in [0.25, 0.3) is 0 Å². The molecule has 1 atom stereocenters. The van der Waals surface area contributed by atoms with E-state index in [1.54, 1.807) is 0 Å². The number of ether oxygens (including phenoxy) is 1. The van der Waals surface area contributed by atoms with Crippen molar-refractivity contribution in [2.24, 2.45) is 0 Å². The van der Waals surface area contributed by atoms with Crippen molar-refractivity contribution in [3.63, 3.8) is 0 Å². The molecule has 0 saturated heterocycles. The maximum absolute atomic E-state index is 12.9. The van der Waals surface area contributed by atoms with E-state index in [0.29, 0.717) is 6.42 Å². The van der Waals surface area contributed by atoms with Crippen molar-refractivity contribution in [1.29, 1.82) is 0 Å². The van der Waals surface area contributed by atoms with E-state index in [4.69, 9.17) is 4.74 Å². The third kappa shape index (κ3) is 3.94. The molecule has 1 heterocycles. The molecule has 0 amide bonds. The van der Waals surface area contributed by atoms with E-state index in [1.807, 2.05) is 55.5 Å². The Kier molecular flexibility index (Phi) is 5.39. The summed E-state index contributed by atoms with van der Waals surface area (Å²) in [5.74, 6) is 0.774. The van der Waals surface area contributed by atoms with Gasteiger partial charge in [0.15, 0.2) is 0 Å². The summed E-state index contributed by atoms with van der Waals surface area (Å²) < 4.78 is 34.9. The van der Waals surface area contributed by atoms with Crippen molar-refractivity contribution in [2.75, 3.05) is 0 Å². The molecule has 2 aromatic carbocycles. The first-order valence-corrected chi connectivity index (χ1v) is 10.9. The summed E-state index contributed by atoms with van der Waals surface area (Å²) in [6.07, 6.45) is 2.33. The predicted molar refractivity (Wildman–Crippen MR) is 105 cm³/mol. The lowest BCUT2D eigenvalue weighted by Crippen LogP contribution is -2.44. The van der Waals surface area contributed by atoms with E-state index in [9.17, 15) is 8.42 Å². The summed E-state index contributed by atoms with van der Waals surface area (Å²) in [5.41, 5.74) is 2.40. The smallest absolute Gasteiger partial charge is 0.216 e. The Labute approximate surface area is 156 Å². The number of hydrogen-bond acceptors (Lipinski definition) is 3. The van der Waals surface area contributed by atoms with E-state index in [0.717, 1.165) is 35.3 Å². The fraction of sp³-hybridized carbons (Fsp3) is 0.429. The second-order valence-electron chi connectivity index (χ2n) is 7.09. The molecule has 3 rings (SSSR count). The minimum absolute atomic E-state index is 0.00948. The number of benzene rings is 2. The minimum Gasteiger partial charge on any atom is -0.487 e. The Morgan fingerprint density at radius 1 is 1.08 bits per heavy atom. The maximum atomic E-state index is 12.9. The van der Waals surface area contributed by atoms with Crippen LogP contribution in [0.2, 0.25) is 0 Å². The Balaban J connectivity index is 1.89. The van der Waals surface area contributed by atoms with Crippen LogP contribution in [0.5, 0.6) is 5.75 Å². The van der Waals surface area contributed by atoms with Crippen LogP contribution in [-0.2, 0) is 15.8 Å². The molecular weight excluding hydrogens is 346 g/mol. The van der Waals surface area contributed by atoms with Gasteiger partial charge in [0, 0.05) is 12.0 Å². The maximum Gasteiger partial charge on any atom is 0.216 e. The zero-order valence-corrected chi connectivity index (χ0v) is 16.5. The zero-order valence-electron chi connectivity index (χ0n) is 15.7. The monoisotopic (exact) mass is 373 g/mol. The summed E-state index contributed by atoms with van der Waals surface area (Å²) >= 11 is 0. The number of rotatable bonds is 6.